The molecule has 0 aliphatic heterocycles. The van der Waals surface area contributed by atoms with Crippen LogP contribution in [0.4, 0.5) is 0 Å². The number of carboxylic acids is 1. The maximum atomic E-state index is 9.50. The number of aliphatic carboxylic acids is 1. The molecule has 0 aromatic carbocycles. The standard InChI is InChI=1S/C3H5NO4/c5-2-4(8)1-3(6)7/h2,8H,1H2,(H,6,7)/p-1. The molecule has 5 heteroatoms. The lowest BCUT2D eigenvalue weighted by atomic mass is 10.7. The van der Waals surface area contributed by atoms with Gasteiger partial charge in [0, 0.05) is 0 Å². The van der Waals surface area contributed by atoms with Gasteiger partial charge in [0.1, 0.15) is 0 Å². The van der Waals surface area contributed by atoms with Crippen molar-refractivity contribution < 1.29 is 19.9 Å². The Hall–Kier alpha value is -1.10. The highest BCUT2D eigenvalue weighted by Crippen LogP contribution is 1.68. The van der Waals surface area contributed by atoms with Gasteiger partial charge in [-0.2, -0.15) is 0 Å². The average molecular weight is 118 g/mol. The van der Waals surface area contributed by atoms with Gasteiger partial charge in [-0.15, -0.1) is 0 Å². The van der Waals surface area contributed by atoms with Crippen molar-refractivity contribution in [2.24, 2.45) is 0 Å². The maximum absolute atomic E-state index is 9.50. The molecule has 0 aromatic heterocycles. The van der Waals surface area contributed by atoms with Crippen molar-refractivity contribution in [3.05, 3.63) is 0 Å². The van der Waals surface area contributed by atoms with E-state index < -0.39 is 12.5 Å². The molecule has 0 bridgehead atoms. The van der Waals surface area contributed by atoms with E-state index in [-0.39, 0.29) is 11.5 Å². The molecule has 1 amide bonds. The molecule has 0 rings (SSSR count). The van der Waals surface area contributed by atoms with Crippen molar-refractivity contribution in [1.29, 1.82) is 0 Å². The van der Waals surface area contributed by atoms with Gasteiger partial charge in [-0.1, -0.05) is 0 Å². The SMILES string of the molecule is O=CN(O)CC(=O)[O-]. The summed E-state index contributed by atoms with van der Waals surface area (Å²) in [6, 6.07) is 0. The lowest BCUT2D eigenvalue weighted by molar-refractivity contribution is -0.309. The number of rotatable bonds is 3. The van der Waals surface area contributed by atoms with Crippen LogP contribution in [0.2, 0.25) is 0 Å². The van der Waals surface area contributed by atoms with E-state index in [1.165, 1.54) is 0 Å². The first kappa shape index (κ1) is 6.90. The molecule has 0 aliphatic carbocycles. The maximum Gasteiger partial charge on any atom is 0.233 e. The molecule has 8 heavy (non-hydrogen) atoms. The topological polar surface area (TPSA) is 80.7 Å². The summed E-state index contributed by atoms with van der Waals surface area (Å²) in [5, 5.41) is 17.6. The van der Waals surface area contributed by atoms with Gasteiger partial charge >= 0.3 is 0 Å². The molecule has 0 aromatic rings. The Balaban J connectivity index is 3.38. The zero-order chi connectivity index (χ0) is 6.57. The number of carbonyl (C=O) groups excluding carboxylic acids is 2. The second kappa shape index (κ2) is 2.98. The Morgan fingerprint density at radius 3 is 2.50 bits per heavy atom. The zero-order valence-electron chi connectivity index (χ0n) is 3.90. The number of hydroxylamine groups is 2. The minimum absolute atomic E-state index is 0.0181. The van der Waals surface area contributed by atoms with Crippen molar-refractivity contribution in [3.8, 4) is 0 Å². The van der Waals surface area contributed by atoms with Crippen LogP contribution in [-0.2, 0) is 9.59 Å². The number of carbonyl (C=O) groups is 2. The molecule has 0 fully saturated rings. The molecule has 0 aliphatic rings. The number of nitrogens with zero attached hydrogens (tertiary/aromatic N) is 1. The summed E-state index contributed by atoms with van der Waals surface area (Å²) in [7, 11) is 0. The monoisotopic (exact) mass is 118 g/mol. The average Bonchev–Trinajstić information content (AvgIpc) is 1.65. The third-order valence-electron chi connectivity index (χ3n) is 0.413. The summed E-state index contributed by atoms with van der Waals surface area (Å²) in [6.07, 6.45) is -0.0181. The highest BCUT2D eigenvalue weighted by atomic mass is 16.5. The molecule has 0 unspecified atom stereocenters. The second-order valence-electron chi connectivity index (χ2n) is 1.07. The number of hydrogen-bond acceptors (Lipinski definition) is 4. The fourth-order valence-corrected chi connectivity index (χ4v) is 0.170. The van der Waals surface area contributed by atoms with Crippen LogP contribution in [0.3, 0.4) is 0 Å². The van der Waals surface area contributed by atoms with E-state index in [4.69, 9.17) is 5.21 Å². The zero-order valence-corrected chi connectivity index (χ0v) is 3.90. The predicted molar refractivity (Wildman–Crippen MR) is 19.6 cm³/mol. The van der Waals surface area contributed by atoms with Gasteiger partial charge in [-0.05, 0) is 0 Å². The van der Waals surface area contributed by atoms with E-state index in [0.717, 1.165) is 0 Å². The summed E-state index contributed by atoms with van der Waals surface area (Å²) < 4.78 is 0. The predicted octanol–water partition coefficient (Wildman–Crippen LogP) is -2.42. The smallest absolute Gasteiger partial charge is 0.233 e. The molecule has 0 heterocycles. The summed E-state index contributed by atoms with van der Waals surface area (Å²) in [4.78, 5) is 18.9. The first-order valence-electron chi connectivity index (χ1n) is 1.77. The molecule has 5 nitrogen and oxygen atoms in total. The Morgan fingerprint density at radius 1 is 1.88 bits per heavy atom. The van der Waals surface area contributed by atoms with Gasteiger partial charge in [0.05, 0.1) is 12.5 Å². The fraction of sp³-hybridized carbons (Fsp3) is 0.333. The third kappa shape index (κ3) is 3.10. The fourth-order valence-electron chi connectivity index (χ4n) is 0.170. The Morgan fingerprint density at radius 2 is 2.38 bits per heavy atom. The minimum Gasteiger partial charge on any atom is -0.548 e. The molecule has 46 valence electrons. The largest absolute Gasteiger partial charge is 0.548 e. The molecule has 0 saturated carbocycles. The number of hydrogen-bond donors (Lipinski definition) is 1. The third-order valence-corrected chi connectivity index (χ3v) is 0.413. The minimum atomic E-state index is -1.50. The molecular formula is C3H4NO4-. The number of carboxylic acid groups (broad SMARTS) is 1. The molecule has 0 saturated heterocycles. The van der Waals surface area contributed by atoms with Gasteiger partial charge in [-0.25, -0.2) is 5.06 Å². The summed E-state index contributed by atoms with van der Waals surface area (Å²) in [5.41, 5.74) is 0. The van der Waals surface area contributed by atoms with Gasteiger partial charge in [-0.3, -0.25) is 10.0 Å². The van der Waals surface area contributed by atoms with Crippen LogP contribution in [0.25, 0.3) is 0 Å². The van der Waals surface area contributed by atoms with Crippen molar-refractivity contribution in [3.63, 3.8) is 0 Å². The Kier molecular flexibility index (Phi) is 2.57. The summed E-state index contributed by atoms with van der Waals surface area (Å²) in [5.74, 6) is -1.50. The van der Waals surface area contributed by atoms with Crippen LogP contribution < -0.4 is 5.11 Å². The molecule has 0 radical (unpaired) electrons. The molecule has 0 atom stereocenters. The van der Waals surface area contributed by atoms with Crippen LogP contribution in [0.15, 0.2) is 0 Å². The first-order valence-corrected chi connectivity index (χ1v) is 1.77. The first-order chi connectivity index (χ1) is 3.66. The van der Waals surface area contributed by atoms with Crippen LogP contribution >= 0.6 is 0 Å². The van der Waals surface area contributed by atoms with Crippen LogP contribution in [-0.4, -0.2) is 29.2 Å². The van der Waals surface area contributed by atoms with Gasteiger partial charge in [0.25, 0.3) is 0 Å². The lowest BCUT2D eigenvalue weighted by Crippen LogP contribution is -2.35. The quantitative estimate of drug-likeness (QED) is 0.254. The summed E-state index contributed by atoms with van der Waals surface area (Å²) in [6.45, 7) is -0.788. The van der Waals surface area contributed by atoms with E-state index >= 15 is 0 Å². The van der Waals surface area contributed by atoms with Gasteiger partial charge < -0.3 is 9.90 Å². The van der Waals surface area contributed by atoms with E-state index in [0.29, 0.717) is 0 Å². The van der Waals surface area contributed by atoms with E-state index in [1.54, 1.807) is 0 Å². The van der Waals surface area contributed by atoms with E-state index in [2.05, 4.69) is 0 Å². The molecule has 0 spiro atoms. The lowest BCUT2D eigenvalue weighted by Gasteiger charge is -2.06. The Labute approximate surface area is 45.1 Å². The van der Waals surface area contributed by atoms with Crippen LogP contribution in [0.5, 0.6) is 0 Å². The van der Waals surface area contributed by atoms with Crippen molar-refractivity contribution in [2.75, 3.05) is 6.54 Å². The number of amides is 1. The van der Waals surface area contributed by atoms with E-state index in [9.17, 15) is 14.7 Å². The van der Waals surface area contributed by atoms with Crippen molar-refractivity contribution in [2.45, 2.75) is 0 Å². The molecule has 1 N–H and O–H groups in total. The normalized spacial score (nSPS) is 8.12. The highest BCUT2D eigenvalue weighted by molar-refractivity contribution is 5.69. The van der Waals surface area contributed by atoms with Crippen LogP contribution in [0.1, 0.15) is 0 Å². The van der Waals surface area contributed by atoms with Crippen molar-refractivity contribution >= 4 is 12.4 Å². The second-order valence-corrected chi connectivity index (χ2v) is 1.07. The van der Waals surface area contributed by atoms with Crippen LogP contribution in [0, 0.1) is 0 Å². The molecular weight excluding hydrogens is 114 g/mol. The highest BCUT2D eigenvalue weighted by Gasteiger charge is 1.91. The Bertz CT molecular complexity index is 101. The van der Waals surface area contributed by atoms with E-state index in [1.807, 2.05) is 0 Å². The summed E-state index contributed by atoms with van der Waals surface area (Å²) >= 11 is 0. The van der Waals surface area contributed by atoms with Gasteiger partial charge in [0.2, 0.25) is 6.41 Å². The van der Waals surface area contributed by atoms with Gasteiger partial charge in [0.15, 0.2) is 0 Å². The van der Waals surface area contributed by atoms with Crippen molar-refractivity contribution in [1.82, 2.24) is 5.06 Å².